The third-order valence-electron chi connectivity index (χ3n) is 2.47. The topological polar surface area (TPSA) is 88.1 Å². The molecule has 19 heavy (non-hydrogen) atoms. The Balaban J connectivity index is 2.87. The lowest BCUT2D eigenvalue weighted by atomic mass is 10.2. The normalized spacial score (nSPS) is 30.3. The van der Waals surface area contributed by atoms with Crippen LogP contribution in [0.3, 0.4) is 0 Å². The summed E-state index contributed by atoms with van der Waals surface area (Å²) in [6, 6.07) is 0.495. The van der Waals surface area contributed by atoms with Gasteiger partial charge in [0.25, 0.3) is 0 Å². The van der Waals surface area contributed by atoms with Crippen LogP contribution in [0.5, 0.6) is 0 Å². The summed E-state index contributed by atoms with van der Waals surface area (Å²) in [5.74, 6) is -1.59. The molecule has 0 saturated carbocycles. The van der Waals surface area contributed by atoms with Crippen molar-refractivity contribution in [1.29, 1.82) is 0 Å². The highest BCUT2D eigenvalue weighted by molar-refractivity contribution is 6.50. The van der Waals surface area contributed by atoms with E-state index in [-0.39, 0.29) is 0 Å². The van der Waals surface area contributed by atoms with Gasteiger partial charge < -0.3 is 18.6 Å². The second-order valence-electron chi connectivity index (χ2n) is 4.38. The van der Waals surface area contributed by atoms with Gasteiger partial charge in [0, 0.05) is 26.8 Å². The van der Waals surface area contributed by atoms with Crippen LogP contribution in [0.15, 0.2) is 0 Å². The number of hydrogen-bond donors (Lipinski definition) is 0. The van der Waals surface area contributed by atoms with Crippen LogP contribution in [0.1, 0.15) is 20.8 Å². The summed E-state index contributed by atoms with van der Waals surface area (Å²) in [6.07, 6.45) is -2.57. The van der Waals surface area contributed by atoms with Gasteiger partial charge in [0.05, 0.1) is 0 Å². The van der Waals surface area contributed by atoms with E-state index >= 15 is 0 Å². The summed E-state index contributed by atoms with van der Waals surface area (Å²) >= 11 is 0. The lowest BCUT2D eigenvalue weighted by Crippen LogP contribution is -2.53. The van der Waals surface area contributed by atoms with E-state index in [1.54, 1.807) is 0 Å². The molecule has 7 nitrogen and oxygen atoms in total. The average molecular weight is 290 g/mol. The van der Waals surface area contributed by atoms with E-state index in [1.165, 1.54) is 20.8 Å². The number of hydrogen-bond acceptors (Lipinski definition) is 7. The van der Waals surface area contributed by atoms with Crippen molar-refractivity contribution in [3.8, 4) is 0 Å². The van der Waals surface area contributed by atoms with Crippen molar-refractivity contribution in [2.45, 2.75) is 51.9 Å². The molecule has 1 saturated heterocycles. The number of carbonyl (C=O) groups excluding carboxylic acids is 3. The van der Waals surface area contributed by atoms with Crippen LogP contribution in [-0.4, -0.2) is 45.4 Å². The number of rotatable bonds is 3. The SMILES string of the molecule is CC(=O)OC1C[SiH](C)OC(OC(C)=O)C1OC(C)=O. The number of esters is 3. The second kappa shape index (κ2) is 6.67. The summed E-state index contributed by atoms with van der Waals surface area (Å²) in [4.78, 5) is 33.2. The predicted molar refractivity (Wildman–Crippen MR) is 65.6 cm³/mol. The average Bonchev–Trinajstić information content (AvgIpc) is 2.20. The van der Waals surface area contributed by atoms with Crippen molar-refractivity contribution < 1.29 is 33.0 Å². The minimum absolute atomic E-state index is 0.480. The zero-order chi connectivity index (χ0) is 14.6. The van der Waals surface area contributed by atoms with Gasteiger partial charge in [-0.2, -0.15) is 0 Å². The van der Waals surface area contributed by atoms with Crippen LogP contribution in [0, 0.1) is 0 Å². The first-order chi connectivity index (χ1) is 8.79. The molecule has 0 bridgehead atoms. The van der Waals surface area contributed by atoms with Crippen LogP contribution in [0.4, 0.5) is 0 Å². The number of ether oxygens (including phenoxy) is 3. The molecular weight excluding hydrogens is 272 g/mol. The maximum Gasteiger partial charge on any atom is 0.305 e. The first kappa shape index (κ1) is 15.6. The van der Waals surface area contributed by atoms with Crippen LogP contribution in [0.25, 0.3) is 0 Å². The van der Waals surface area contributed by atoms with Crippen molar-refractivity contribution in [3.05, 3.63) is 0 Å². The van der Waals surface area contributed by atoms with Gasteiger partial charge in [0.2, 0.25) is 6.29 Å². The van der Waals surface area contributed by atoms with Crippen LogP contribution in [-0.2, 0) is 33.0 Å². The quantitative estimate of drug-likeness (QED) is 0.414. The molecule has 0 radical (unpaired) electrons. The number of carbonyl (C=O) groups is 3. The van der Waals surface area contributed by atoms with Gasteiger partial charge in [-0.15, -0.1) is 0 Å². The van der Waals surface area contributed by atoms with Gasteiger partial charge in [-0.1, -0.05) is 0 Å². The van der Waals surface area contributed by atoms with E-state index in [0.717, 1.165) is 0 Å². The van der Waals surface area contributed by atoms with Crippen molar-refractivity contribution in [3.63, 3.8) is 0 Å². The summed E-state index contributed by atoms with van der Waals surface area (Å²) in [5, 5.41) is 0. The molecule has 0 aromatic carbocycles. The first-order valence-corrected chi connectivity index (χ1v) is 8.41. The molecule has 4 atom stereocenters. The van der Waals surface area contributed by atoms with Crippen LogP contribution in [0.2, 0.25) is 12.6 Å². The fourth-order valence-electron chi connectivity index (χ4n) is 1.91. The summed E-state index contributed by atoms with van der Waals surface area (Å²) in [6.45, 7) is 5.62. The Morgan fingerprint density at radius 3 is 2.00 bits per heavy atom. The Morgan fingerprint density at radius 1 is 1.00 bits per heavy atom. The maximum absolute atomic E-state index is 11.1. The standard InChI is InChI=1S/C11H18O7Si/c1-6(12)15-9-5-19(4)18-11(17-8(3)14)10(9)16-7(2)13/h9-11,19H,5H2,1-4H3. The van der Waals surface area contributed by atoms with Crippen LogP contribution >= 0.6 is 0 Å². The van der Waals surface area contributed by atoms with Gasteiger partial charge in [0.1, 0.15) is 6.10 Å². The Kier molecular flexibility index (Phi) is 5.49. The zero-order valence-corrected chi connectivity index (χ0v) is 12.5. The van der Waals surface area contributed by atoms with Gasteiger partial charge in [-0.3, -0.25) is 14.4 Å². The smallest absolute Gasteiger partial charge is 0.305 e. The first-order valence-electron chi connectivity index (χ1n) is 5.96. The maximum atomic E-state index is 11.1. The summed E-state index contributed by atoms with van der Waals surface area (Å²) < 4.78 is 20.7. The molecule has 108 valence electrons. The van der Waals surface area contributed by atoms with Crippen molar-refractivity contribution in [1.82, 2.24) is 0 Å². The molecular formula is C11H18O7Si. The van der Waals surface area contributed by atoms with Gasteiger partial charge in [-0.05, 0) is 6.55 Å². The molecule has 0 aromatic heterocycles. The molecule has 0 amide bonds. The van der Waals surface area contributed by atoms with Crippen molar-refractivity contribution in [2.24, 2.45) is 0 Å². The predicted octanol–water partition coefficient (Wildman–Crippen LogP) is 0.123. The molecule has 1 aliphatic rings. The minimum Gasteiger partial charge on any atom is -0.459 e. The molecule has 0 aliphatic carbocycles. The molecule has 1 aliphatic heterocycles. The summed E-state index contributed by atoms with van der Waals surface area (Å²) in [5.41, 5.74) is 0. The van der Waals surface area contributed by atoms with E-state index in [1.807, 2.05) is 6.55 Å². The molecule has 0 N–H and O–H groups in total. The lowest BCUT2D eigenvalue weighted by molar-refractivity contribution is -0.214. The fourth-order valence-corrected chi connectivity index (χ4v) is 3.71. The highest BCUT2D eigenvalue weighted by atomic mass is 28.3. The van der Waals surface area contributed by atoms with Gasteiger partial charge >= 0.3 is 17.9 Å². The van der Waals surface area contributed by atoms with Crippen molar-refractivity contribution >= 4 is 26.9 Å². The van der Waals surface area contributed by atoms with E-state index in [0.29, 0.717) is 6.04 Å². The largest absolute Gasteiger partial charge is 0.459 e. The molecule has 0 spiro atoms. The van der Waals surface area contributed by atoms with Gasteiger partial charge in [-0.25, -0.2) is 0 Å². The third kappa shape index (κ3) is 4.99. The molecule has 8 heteroatoms. The molecule has 1 rings (SSSR count). The van der Waals surface area contributed by atoms with E-state index < -0.39 is 45.4 Å². The Morgan fingerprint density at radius 2 is 1.53 bits per heavy atom. The molecule has 4 unspecified atom stereocenters. The molecule has 1 heterocycles. The van der Waals surface area contributed by atoms with E-state index in [9.17, 15) is 14.4 Å². The van der Waals surface area contributed by atoms with Crippen LogP contribution < -0.4 is 0 Å². The molecule has 0 aromatic rings. The monoisotopic (exact) mass is 290 g/mol. The van der Waals surface area contributed by atoms with E-state index in [2.05, 4.69) is 0 Å². The highest BCUT2D eigenvalue weighted by Crippen LogP contribution is 2.25. The Bertz CT molecular complexity index is 344. The van der Waals surface area contributed by atoms with Crippen molar-refractivity contribution in [2.75, 3.05) is 0 Å². The van der Waals surface area contributed by atoms with E-state index in [4.69, 9.17) is 18.6 Å². The Labute approximate surface area is 112 Å². The fraction of sp³-hybridized carbons (Fsp3) is 0.727. The zero-order valence-electron chi connectivity index (χ0n) is 11.4. The minimum atomic E-state index is -1.66. The molecule has 1 fully saturated rings. The summed E-state index contributed by atoms with van der Waals surface area (Å²) in [7, 11) is -1.66. The second-order valence-corrected chi connectivity index (χ2v) is 6.75. The lowest BCUT2D eigenvalue weighted by Gasteiger charge is -2.38. The van der Waals surface area contributed by atoms with Gasteiger partial charge in [0.15, 0.2) is 15.1 Å². The highest BCUT2D eigenvalue weighted by Gasteiger charge is 2.44. The third-order valence-corrected chi connectivity index (χ3v) is 4.33. The Hall–Kier alpha value is -1.41.